The fourth-order valence-electron chi connectivity index (χ4n) is 1.52. The summed E-state index contributed by atoms with van der Waals surface area (Å²) in [7, 11) is 0. The molecule has 1 rings (SSSR count). The summed E-state index contributed by atoms with van der Waals surface area (Å²) in [5.74, 6) is 0.881. The van der Waals surface area contributed by atoms with Crippen molar-refractivity contribution < 1.29 is 9.47 Å². The van der Waals surface area contributed by atoms with Crippen molar-refractivity contribution in [2.75, 3.05) is 19.8 Å². The molecule has 0 saturated carbocycles. The van der Waals surface area contributed by atoms with Gasteiger partial charge in [0.25, 0.3) is 0 Å². The number of unbranched alkanes of at least 4 members (excludes halogenated alkanes) is 1. The van der Waals surface area contributed by atoms with Crippen molar-refractivity contribution in [2.24, 2.45) is 5.73 Å². The normalized spacial score (nSPS) is 10.5. The zero-order chi connectivity index (χ0) is 12.5. The number of nitrogens with two attached hydrogens (primary N) is 1. The highest BCUT2D eigenvalue weighted by Crippen LogP contribution is 2.19. The third-order valence-corrected chi connectivity index (χ3v) is 2.57. The Bertz CT molecular complexity index is 326. The quantitative estimate of drug-likeness (QED) is 0.707. The monoisotopic (exact) mass is 237 g/mol. The lowest BCUT2D eigenvalue weighted by Crippen LogP contribution is -2.09. The first-order chi connectivity index (χ1) is 8.27. The Balaban J connectivity index is 2.32. The Labute approximate surface area is 104 Å². The molecular weight excluding hydrogens is 214 g/mol. The maximum atomic E-state index is 5.68. The molecule has 0 aliphatic heterocycles. The largest absolute Gasteiger partial charge is 0.491 e. The highest BCUT2D eigenvalue weighted by molar-refractivity contribution is 5.36. The van der Waals surface area contributed by atoms with E-state index in [1.54, 1.807) is 0 Å². The molecule has 0 amide bonds. The molecule has 1 aromatic carbocycles. The predicted octanol–water partition coefficient (Wildman–Crippen LogP) is 2.65. The molecule has 96 valence electrons. The van der Waals surface area contributed by atoms with E-state index in [0.29, 0.717) is 19.8 Å². The van der Waals surface area contributed by atoms with Crippen LogP contribution in [0.15, 0.2) is 18.2 Å². The fourth-order valence-corrected chi connectivity index (χ4v) is 1.52. The number of aryl methyl sites for hydroxylation is 1. The Hall–Kier alpha value is -1.06. The predicted molar refractivity (Wildman–Crippen MR) is 70.3 cm³/mol. The zero-order valence-electron chi connectivity index (χ0n) is 10.9. The molecule has 0 saturated heterocycles. The van der Waals surface area contributed by atoms with Crippen LogP contribution in [0.3, 0.4) is 0 Å². The summed E-state index contributed by atoms with van der Waals surface area (Å²) >= 11 is 0. The zero-order valence-corrected chi connectivity index (χ0v) is 10.9. The van der Waals surface area contributed by atoms with Crippen LogP contribution in [0, 0.1) is 6.92 Å². The summed E-state index contributed by atoms with van der Waals surface area (Å²) in [5, 5.41) is 0. The lowest BCUT2D eigenvalue weighted by Gasteiger charge is -2.11. The van der Waals surface area contributed by atoms with E-state index >= 15 is 0 Å². The molecule has 0 spiro atoms. The van der Waals surface area contributed by atoms with Gasteiger partial charge in [-0.1, -0.05) is 25.5 Å². The van der Waals surface area contributed by atoms with Gasteiger partial charge in [0.05, 0.1) is 6.61 Å². The van der Waals surface area contributed by atoms with E-state index in [9.17, 15) is 0 Å². The Morgan fingerprint density at radius 2 is 2.00 bits per heavy atom. The summed E-state index contributed by atoms with van der Waals surface area (Å²) in [6.07, 6.45) is 2.27. The summed E-state index contributed by atoms with van der Waals surface area (Å²) in [4.78, 5) is 0. The summed E-state index contributed by atoms with van der Waals surface area (Å²) in [5.41, 5.74) is 7.89. The van der Waals surface area contributed by atoms with Crippen LogP contribution in [0.4, 0.5) is 0 Å². The van der Waals surface area contributed by atoms with Gasteiger partial charge in [0, 0.05) is 18.7 Å². The van der Waals surface area contributed by atoms with Crippen LogP contribution in [0.1, 0.15) is 30.9 Å². The van der Waals surface area contributed by atoms with Crippen molar-refractivity contribution >= 4 is 0 Å². The topological polar surface area (TPSA) is 44.5 Å². The van der Waals surface area contributed by atoms with Crippen molar-refractivity contribution in [2.45, 2.75) is 33.2 Å². The number of hydrogen-bond donors (Lipinski definition) is 1. The maximum Gasteiger partial charge on any atom is 0.124 e. The molecule has 0 aliphatic rings. The third kappa shape index (κ3) is 5.20. The molecule has 0 heterocycles. The van der Waals surface area contributed by atoms with Crippen LogP contribution in [0.5, 0.6) is 5.75 Å². The van der Waals surface area contributed by atoms with Gasteiger partial charge < -0.3 is 15.2 Å². The first kappa shape index (κ1) is 14.0. The second kappa shape index (κ2) is 8.09. The van der Waals surface area contributed by atoms with Gasteiger partial charge >= 0.3 is 0 Å². The van der Waals surface area contributed by atoms with E-state index in [0.717, 1.165) is 30.8 Å². The standard InChI is InChI=1S/C14H23NO2/c1-3-4-7-16-8-9-17-14-10-12(2)5-6-13(14)11-15/h5-6,10H,3-4,7-9,11,15H2,1-2H3. The Morgan fingerprint density at radius 3 is 2.71 bits per heavy atom. The van der Waals surface area contributed by atoms with E-state index in [1.165, 1.54) is 5.56 Å². The second-order valence-corrected chi connectivity index (χ2v) is 4.13. The third-order valence-electron chi connectivity index (χ3n) is 2.57. The molecule has 0 bridgehead atoms. The molecule has 1 aromatic rings. The number of benzene rings is 1. The first-order valence-electron chi connectivity index (χ1n) is 6.28. The van der Waals surface area contributed by atoms with E-state index < -0.39 is 0 Å². The Kier molecular flexibility index (Phi) is 6.67. The smallest absolute Gasteiger partial charge is 0.124 e. The van der Waals surface area contributed by atoms with Crippen molar-refractivity contribution in [3.05, 3.63) is 29.3 Å². The molecule has 2 N–H and O–H groups in total. The summed E-state index contributed by atoms with van der Waals surface area (Å²) in [6.45, 7) is 6.74. The minimum absolute atomic E-state index is 0.506. The first-order valence-corrected chi connectivity index (χ1v) is 6.28. The van der Waals surface area contributed by atoms with Crippen LogP contribution in [-0.4, -0.2) is 19.8 Å². The van der Waals surface area contributed by atoms with E-state index in [-0.39, 0.29) is 0 Å². The van der Waals surface area contributed by atoms with Gasteiger partial charge in [-0.25, -0.2) is 0 Å². The van der Waals surface area contributed by atoms with Gasteiger partial charge in [-0.15, -0.1) is 0 Å². The molecule has 0 aromatic heterocycles. The number of ether oxygens (including phenoxy) is 2. The fraction of sp³-hybridized carbons (Fsp3) is 0.571. The van der Waals surface area contributed by atoms with Crippen molar-refractivity contribution in [3.63, 3.8) is 0 Å². The van der Waals surface area contributed by atoms with E-state index in [4.69, 9.17) is 15.2 Å². The number of hydrogen-bond acceptors (Lipinski definition) is 3. The molecule has 0 aliphatic carbocycles. The molecule has 0 fully saturated rings. The van der Waals surface area contributed by atoms with Crippen molar-refractivity contribution in [1.29, 1.82) is 0 Å². The van der Waals surface area contributed by atoms with Crippen molar-refractivity contribution in [3.8, 4) is 5.75 Å². The van der Waals surface area contributed by atoms with Crippen LogP contribution in [-0.2, 0) is 11.3 Å². The molecule has 3 heteroatoms. The molecular formula is C14H23NO2. The summed E-state index contributed by atoms with van der Waals surface area (Å²) in [6, 6.07) is 6.09. The minimum atomic E-state index is 0.506. The van der Waals surface area contributed by atoms with Crippen LogP contribution in [0.25, 0.3) is 0 Å². The molecule has 3 nitrogen and oxygen atoms in total. The lowest BCUT2D eigenvalue weighted by atomic mass is 10.1. The van der Waals surface area contributed by atoms with Gasteiger partial charge in [0.15, 0.2) is 0 Å². The molecule has 0 unspecified atom stereocenters. The van der Waals surface area contributed by atoms with Crippen LogP contribution < -0.4 is 10.5 Å². The molecule has 0 radical (unpaired) electrons. The molecule has 0 atom stereocenters. The number of rotatable bonds is 8. The average Bonchev–Trinajstić information content (AvgIpc) is 2.34. The highest BCUT2D eigenvalue weighted by Gasteiger charge is 2.02. The van der Waals surface area contributed by atoms with Gasteiger partial charge in [-0.05, 0) is 25.0 Å². The maximum absolute atomic E-state index is 5.68. The van der Waals surface area contributed by atoms with Gasteiger partial charge in [-0.2, -0.15) is 0 Å². The van der Waals surface area contributed by atoms with Gasteiger partial charge in [0.2, 0.25) is 0 Å². The van der Waals surface area contributed by atoms with E-state index in [2.05, 4.69) is 6.92 Å². The van der Waals surface area contributed by atoms with Crippen molar-refractivity contribution in [1.82, 2.24) is 0 Å². The minimum Gasteiger partial charge on any atom is -0.491 e. The molecule has 17 heavy (non-hydrogen) atoms. The summed E-state index contributed by atoms with van der Waals surface area (Å²) < 4.78 is 11.1. The van der Waals surface area contributed by atoms with E-state index in [1.807, 2.05) is 25.1 Å². The SMILES string of the molecule is CCCCOCCOc1cc(C)ccc1CN. The average molecular weight is 237 g/mol. The van der Waals surface area contributed by atoms with Crippen LogP contribution in [0.2, 0.25) is 0 Å². The van der Waals surface area contributed by atoms with Crippen LogP contribution >= 0.6 is 0 Å². The van der Waals surface area contributed by atoms with Gasteiger partial charge in [0.1, 0.15) is 12.4 Å². The Morgan fingerprint density at radius 1 is 1.18 bits per heavy atom. The lowest BCUT2D eigenvalue weighted by molar-refractivity contribution is 0.0977. The second-order valence-electron chi connectivity index (χ2n) is 4.13. The highest BCUT2D eigenvalue weighted by atomic mass is 16.5. The van der Waals surface area contributed by atoms with Gasteiger partial charge in [-0.3, -0.25) is 0 Å².